The third kappa shape index (κ3) is 6.65. The molecule has 3 aromatic rings. The number of likely N-dealkylation sites (N-methyl/N-ethyl adjacent to an activating group) is 1. The van der Waals surface area contributed by atoms with E-state index in [-0.39, 0.29) is 17.3 Å². The van der Waals surface area contributed by atoms with Crippen LogP contribution in [0.5, 0.6) is 0 Å². The summed E-state index contributed by atoms with van der Waals surface area (Å²) < 4.78 is 28.4. The number of hydrogen-bond donors (Lipinski definition) is 1. The summed E-state index contributed by atoms with van der Waals surface area (Å²) in [5.41, 5.74) is 2.11. The zero-order chi connectivity index (χ0) is 26.3. The van der Waals surface area contributed by atoms with E-state index in [2.05, 4.69) is 5.32 Å². The highest BCUT2D eigenvalue weighted by Gasteiger charge is 2.32. The molecule has 2 amide bonds. The highest BCUT2D eigenvalue weighted by atomic mass is 35.5. The molecule has 0 heterocycles. The molecule has 0 saturated carbocycles. The summed E-state index contributed by atoms with van der Waals surface area (Å²) in [6.07, 6.45) is 0. The summed E-state index contributed by atoms with van der Waals surface area (Å²) >= 11 is 5.96. The van der Waals surface area contributed by atoms with Crippen LogP contribution in [0, 0.1) is 6.92 Å². The first-order chi connectivity index (χ1) is 17.1. The Balaban J connectivity index is 2.01. The second-order valence-electron chi connectivity index (χ2n) is 8.38. The van der Waals surface area contributed by atoms with Crippen molar-refractivity contribution < 1.29 is 18.0 Å². The van der Waals surface area contributed by atoms with Gasteiger partial charge in [0, 0.05) is 18.1 Å². The summed E-state index contributed by atoms with van der Waals surface area (Å²) in [5, 5.41) is 3.14. The van der Waals surface area contributed by atoms with E-state index in [4.69, 9.17) is 11.6 Å². The zero-order valence-corrected chi connectivity index (χ0v) is 22.1. The van der Waals surface area contributed by atoms with Crippen LogP contribution in [0.1, 0.15) is 25.0 Å². The van der Waals surface area contributed by atoms with Crippen LogP contribution in [0.2, 0.25) is 5.02 Å². The van der Waals surface area contributed by atoms with E-state index < -0.39 is 28.5 Å². The topological polar surface area (TPSA) is 86.8 Å². The normalized spacial score (nSPS) is 12.0. The maximum Gasteiger partial charge on any atom is 0.264 e. The van der Waals surface area contributed by atoms with Gasteiger partial charge in [0.2, 0.25) is 11.8 Å². The second-order valence-corrected chi connectivity index (χ2v) is 10.7. The predicted molar refractivity (Wildman–Crippen MR) is 142 cm³/mol. The number of hydrogen-bond acceptors (Lipinski definition) is 4. The van der Waals surface area contributed by atoms with E-state index in [1.165, 1.54) is 29.2 Å². The molecule has 1 atom stereocenters. The van der Waals surface area contributed by atoms with E-state index >= 15 is 0 Å². The number of nitrogens with zero attached hydrogens (tertiary/aromatic N) is 2. The van der Waals surface area contributed by atoms with Crippen LogP contribution in [0.3, 0.4) is 0 Å². The first kappa shape index (κ1) is 27.2. The quantitative estimate of drug-likeness (QED) is 0.423. The van der Waals surface area contributed by atoms with Crippen molar-refractivity contribution in [2.45, 2.75) is 38.3 Å². The molecular formula is C27H30ClN3O4S. The smallest absolute Gasteiger partial charge is 0.264 e. The molecule has 1 N–H and O–H groups in total. The minimum Gasteiger partial charge on any atom is -0.355 e. The van der Waals surface area contributed by atoms with Gasteiger partial charge in [0.25, 0.3) is 10.0 Å². The van der Waals surface area contributed by atoms with Crippen molar-refractivity contribution in [1.29, 1.82) is 0 Å². The molecule has 0 aromatic heterocycles. The monoisotopic (exact) mass is 527 g/mol. The number of benzene rings is 3. The fourth-order valence-corrected chi connectivity index (χ4v) is 5.20. The zero-order valence-electron chi connectivity index (χ0n) is 20.5. The molecule has 0 fully saturated rings. The molecule has 0 unspecified atom stereocenters. The molecule has 3 rings (SSSR count). The molecule has 0 aliphatic heterocycles. The number of halogens is 1. The number of carbonyl (C=O) groups excluding carboxylic acids is 2. The van der Waals surface area contributed by atoms with Gasteiger partial charge in [-0.05, 0) is 62.7 Å². The van der Waals surface area contributed by atoms with Gasteiger partial charge >= 0.3 is 0 Å². The van der Waals surface area contributed by atoms with E-state index in [9.17, 15) is 18.0 Å². The van der Waals surface area contributed by atoms with Gasteiger partial charge in [0.05, 0.1) is 10.6 Å². The third-order valence-corrected chi connectivity index (χ3v) is 7.76. The lowest BCUT2D eigenvalue weighted by Crippen LogP contribution is -2.51. The Morgan fingerprint density at radius 2 is 1.56 bits per heavy atom. The Morgan fingerprint density at radius 1 is 0.944 bits per heavy atom. The largest absolute Gasteiger partial charge is 0.355 e. The van der Waals surface area contributed by atoms with Crippen molar-refractivity contribution in [1.82, 2.24) is 10.2 Å². The fourth-order valence-electron chi connectivity index (χ4n) is 3.66. The van der Waals surface area contributed by atoms with E-state index in [0.29, 0.717) is 17.3 Å². The number of rotatable bonds is 10. The molecule has 0 bridgehead atoms. The number of anilines is 1. The molecule has 0 aliphatic rings. The van der Waals surface area contributed by atoms with Gasteiger partial charge in [-0.2, -0.15) is 0 Å². The third-order valence-electron chi connectivity index (χ3n) is 5.72. The van der Waals surface area contributed by atoms with Crippen LogP contribution in [-0.4, -0.2) is 44.3 Å². The van der Waals surface area contributed by atoms with Crippen molar-refractivity contribution >= 4 is 39.1 Å². The molecule has 9 heteroatoms. The van der Waals surface area contributed by atoms with Gasteiger partial charge in [0.1, 0.15) is 12.6 Å². The molecule has 0 radical (unpaired) electrons. The van der Waals surface area contributed by atoms with Crippen molar-refractivity contribution in [3.63, 3.8) is 0 Å². The van der Waals surface area contributed by atoms with Crippen molar-refractivity contribution in [3.8, 4) is 0 Å². The first-order valence-electron chi connectivity index (χ1n) is 11.6. The van der Waals surface area contributed by atoms with Crippen molar-refractivity contribution in [3.05, 3.63) is 95.0 Å². The summed E-state index contributed by atoms with van der Waals surface area (Å²) in [7, 11) is -4.11. The number of carbonyl (C=O) groups is 2. The van der Waals surface area contributed by atoms with Gasteiger partial charge in [-0.15, -0.1) is 0 Å². The van der Waals surface area contributed by atoms with Crippen LogP contribution in [0.15, 0.2) is 83.8 Å². The lowest BCUT2D eigenvalue weighted by atomic mass is 10.1. The van der Waals surface area contributed by atoms with Gasteiger partial charge in [0.15, 0.2) is 0 Å². The molecular weight excluding hydrogens is 498 g/mol. The molecule has 0 aliphatic carbocycles. The minimum atomic E-state index is -4.11. The highest BCUT2D eigenvalue weighted by Crippen LogP contribution is 2.26. The second kappa shape index (κ2) is 12.1. The lowest BCUT2D eigenvalue weighted by molar-refractivity contribution is -0.139. The Hall–Kier alpha value is -3.36. The number of aryl methyl sites for hydroxylation is 1. The molecule has 7 nitrogen and oxygen atoms in total. The van der Waals surface area contributed by atoms with E-state index in [1.54, 1.807) is 38.1 Å². The fraction of sp³-hybridized carbons (Fsp3) is 0.259. The van der Waals surface area contributed by atoms with Crippen LogP contribution in [-0.2, 0) is 26.2 Å². The summed E-state index contributed by atoms with van der Waals surface area (Å²) in [5.74, 6) is -0.819. The maximum atomic E-state index is 13.7. The Bertz CT molecular complexity index is 1280. The molecule has 3 aromatic carbocycles. The predicted octanol–water partition coefficient (Wildman–Crippen LogP) is 4.40. The molecule has 190 valence electrons. The van der Waals surface area contributed by atoms with Gasteiger partial charge in [-0.1, -0.05) is 59.6 Å². The molecule has 0 spiro atoms. The van der Waals surface area contributed by atoms with Crippen LogP contribution in [0.25, 0.3) is 0 Å². The molecule has 36 heavy (non-hydrogen) atoms. The van der Waals surface area contributed by atoms with E-state index in [1.807, 2.05) is 37.3 Å². The highest BCUT2D eigenvalue weighted by molar-refractivity contribution is 7.92. The maximum absolute atomic E-state index is 13.7. The minimum absolute atomic E-state index is 0.00617. The van der Waals surface area contributed by atoms with Gasteiger partial charge in [-0.25, -0.2) is 8.42 Å². The standard InChI is InChI=1S/C27H30ClN3O4S/c1-4-29-27(33)21(3)30(18-22-8-6-5-7-9-22)26(32)19-31(24-14-10-20(2)11-15-24)36(34,35)25-16-12-23(28)13-17-25/h5-17,21H,4,18-19H2,1-3H3,(H,29,33)/t21-/m1/s1. The van der Waals surface area contributed by atoms with Gasteiger partial charge < -0.3 is 10.2 Å². The first-order valence-corrected chi connectivity index (χ1v) is 13.4. The number of nitrogens with one attached hydrogen (secondary N) is 1. The van der Waals surface area contributed by atoms with Crippen LogP contribution in [0.4, 0.5) is 5.69 Å². The Morgan fingerprint density at radius 3 is 2.14 bits per heavy atom. The van der Waals surface area contributed by atoms with Crippen LogP contribution >= 0.6 is 11.6 Å². The van der Waals surface area contributed by atoms with Crippen molar-refractivity contribution in [2.24, 2.45) is 0 Å². The summed E-state index contributed by atoms with van der Waals surface area (Å²) in [6.45, 7) is 5.41. The average Bonchev–Trinajstić information content (AvgIpc) is 2.87. The molecule has 0 saturated heterocycles. The average molecular weight is 528 g/mol. The Labute approximate surface area is 217 Å². The van der Waals surface area contributed by atoms with E-state index in [0.717, 1.165) is 15.4 Å². The summed E-state index contributed by atoms with van der Waals surface area (Å²) in [4.78, 5) is 27.8. The van der Waals surface area contributed by atoms with Crippen LogP contribution < -0.4 is 9.62 Å². The SMILES string of the molecule is CCNC(=O)[C@@H](C)N(Cc1ccccc1)C(=O)CN(c1ccc(C)cc1)S(=O)(=O)c1ccc(Cl)cc1. The van der Waals surface area contributed by atoms with Crippen molar-refractivity contribution in [2.75, 3.05) is 17.4 Å². The lowest BCUT2D eigenvalue weighted by Gasteiger charge is -2.32. The summed E-state index contributed by atoms with van der Waals surface area (Å²) in [6, 6.07) is 21.1. The number of amides is 2. The number of sulfonamides is 1. The van der Waals surface area contributed by atoms with Gasteiger partial charge in [-0.3, -0.25) is 13.9 Å². The Kier molecular flexibility index (Phi) is 9.12.